The monoisotopic (exact) mass is 296 g/mol. The standard InChI is InChI=1S/C20H28N2/c1-3-4-5-6-7-8-9-10-18-12-14-22-20(16-18)19-15-17(2)11-13-21-19/h11-16H,3-10H2,1-2H3. The van der Waals surface area contributed by atoms with Crippen LogP contribution in [0.2, 0.25) is 0 Å². The van der Waals surface area contributed by atoms with Crippen LogP contribution in [0.4, 0.5) is 0 Å². The minimum atomic E-state index is 0.974. The fourth-order valence-corrected chi connectivity index (χ4v) is 2.73. The van der Waals surface area contributed by atoms with Crippen LogP contribution in [0.25, 0.3) is 11.4 Å². The molecule has 2 heteroatoms. The minimum absolute atomic E-state index is 0.974. The Morgan fingerprint density at radius 1 is 0.773 bits per heavy atom. The fourth-order valence-electron chi connectivity index (χ4n) is 2.73. The van der Waals surface area contributed by atoms with Crippen LogP contribution in [0.3, 0.4) is 0 Å². The molecule has 0 amide bonds. The van der Waals surface area contributed by atoms with Crippen LogP contribution in [-0.2, 0) is 6.42 Å². The average molecular weight is 296 g/mol. The summed E-state index contributed by atoms with van der Waals surface area (Å²) in [6.07, 6.45) is 14.4. The van der Waals surface area contributed by atoms with Crippen LogP contribution in [0, 0.1) is 6.92 Å². The third kappa shape index (κ3) is 5.59. The van der Waals surface area contributed by atoms with E-state index in [4.69, 9.17) is 0 Å². The van der Waals surface area contributed by atoms with Crippen molar-refractivity contribution in [3.8, 4) is 11.4 Å². The van der Waals surface area contributed by atoms with Gasteiger partial charge in [0, 0.05) is 12.4 Å². The number of nitrogens with zero attached hydrogens (tertiary/aromatic N) is 2. The van der Waals surface area contributed by atoms with E-state index in [2.05, 4.69) is 42.0 Å². The summed E-state index contributed by atoms with van der Waals surface area (Å²) in [6.45, 7) is 4.36. The number of unbranched alkanes of at least 4 members (excludes halogenated alkanes) is 6. The summed E-state index contributed by atoms with van der Waals surface area (Å²) in [5, 5.41) is 0. The molecule has 0 N–H and O–H groups in total. The summed E-state index contributed by atoms with van der Waals surface area (Å²) in [4.78, 5) is 8.89. The zero-order valence-electron chi connectivity index (χ0n) is 14.0. The molecule has 0 saturated heterocycles. The Balaban J connectivity index is 1.82. The van der Waals surface area contributed by atoms with E-state index >= 15 is 0 Å². The number of hydrogen-bond donors (Lipinski definition) is 0. The van der Waals surface area contributed by atoms with Crippen molar-refractivity contribution in [3.05, 3.63) is 47.8 Å². The molecule has 0 fully saturated rings. The summed E-state index contributed by atoms with van der Waals surface area (Å²) >= 11 is 0. The number of rotatable bonds is 9. The van der Waals surface area contributed by atoms with E-state index in [0.29, 0.717) is 0 Å². The van der Waals surface area contributed by atoms with Crippen LogP contribution < -0.4 is 0 Å². The van der Waals surface area contributed by atoms with Crippen molar-refractivity contribution < 1.29 is 0 Å². The van der Waals surface area contributed by atoms with Gasteiger partial charge in [0.15, 0.2) is 0 Å². The van der Waals surface area contributed by atoms with Crippen molar-refractivity contribution in [2.45, 2.75) is 65.2 Å². The summed E-state index contributed by atoms with van der Waals surface area (Å²) in [6, 6.07) is 8.45. The molecule has 2 rings (SSSR count). The molecular weight excluding hydrogens is 268 g/mol. The van der Waals surface area contributed by atoms with Gasteiger partial charge in [0.2, 0.25) is 0 Å². The summed E-state index contributed by atoms with van der Waals surface area (Å²) < 4.78 is 0. The quantitative estimate of drug-likeness (QED) is 0.551. The smallest absolute Gasteiger partial charge is 0.0888 e. The third-order valence-electron chi connectivity index (χ3n) is 4.07. The first-order chi connectivity index (χ1) is 10.8. The predicted octanol–water partition coefficient (Wildman–Crippen LogP) is 5.75. The lowest BCUT2D eigenvalue weighted by Crippen LogP contribution is -1.92. The maximum atomic E-state index is 4.47. The van der Waals surface area contributed by atoms with Crippen LogP contribution >= 0.6 is 0 Å². The zero-order valence-corrected chi connectivity index (χ0v) is 14.0. The lowest BCUT2D eigenvalue weighted by atomic mass is 10.0. The maximum absolute atomic E-state index is 4.47. The zero-order chi connectivity index (χ0) is 15.6. The van der Waals surface area contributed by atoms with E-state index in [9.17, 15) is 0 Å². The number of pyridine rings is 2. The highest BCUT2D eigenvalue weighted by molar-refractivity contribution is 5.55. The van der Waals surface area contributed by atoms with E-state index in [-0.39, 0.29) is 0 Å². The second kappa shape index (κ2) is 9.34. The van der Waals surface area contributed by atoms with Gasteiger partial charge < -0.3 is 0 Å². The van der Waals surface area contributed by atoms with Gasteiger partial charge in [-0.05, 0) is 55.2 Å². The van der Waals surface area contributed by atoms with Gasteiger partial charge in [0.1, 0.15) is 0 Å². The molecule has 0 radical (unpaired) electrons. The molecule has 0 aliphatic rings. The van der Waals surface area contributed by atoms with Gasteiger partial charge in [-0.25, -0.2) is 0 Å². The molecule has 0 saturated carbocycles. The Kier molecular flexibility index (Phi) is 7.08. The summed E-state index contributed by atoms with van der Waals surface area (Å²) in [5.41, 5.74) is 4.57. The van der Waals surface area contributed by atoms with Crippen molar-refractivity contribution in [1.29, 1.82) is 0 Å². The number of aromatic nitrogens is 2. The van der Waals surface area contributed by atoms with Gasteiger partial charge in [-0.1, -0.05) is 45.4 Å². The third-order valence-corrected chi connectivity index (χ3v) is 4.07. The van der Waals surface area contributed by atoms with Crippen molar-refractivity contribution >= 4 is 0 Å². The summed E-state index contributed by atoms with van der Waals surface area (Å²) in [5.74, 6) is 0. The molecule has 0 aliphatic heterocycles. The minimum Gasteiger partial charge on any atom is -0.255 e. The molecule has 2 aromatic heterocycles. The van der Waals surface area contributed by atoms with E-state index < -0.39 is 0 Å². The first kappa shape index (κ1) is 16.7. The average Bonchev–Trinajstić information content (AvgIpc) is 2.54. The Labute approximate surface area is 135 Å². The van der Waals surface area contributed by atoms with Crippen LogP contribution in [0.15, 0.2) is 36.7 Å². The van der Waals surface area contributed by atoms with Gasteiger partial charge in [-0.2, -0.15) is 0 Å². The van der Waals surface area contributed by atoms with Gasteiger partial charge in [-0.15, -0.1) is 0 Å². The Morgan fingerprint density at radius 2 is 1.41 bits per heavy atom. The second-order valence-corrected chi connectivity index (χ2v) is 6.14. The number of hydrogen-bond acceptors (Lipinski definition) is 2. The predicted molar refractivity (Wildman–Crippen MR) is 93.9 cm³/mol. The Morgan fingerprint density at radius 3 is 2.14 bits per heavy atom. The fraction of sp³-hybridized carbons (Fsp3) is 0.500. The largest absolute Gasteiger partial charge is 0.255 e. The van der Waals surface area contributed by atoms with Crippen molar-refractivity contribution in [3.63, 3.8) is 0 Å². The van der Waals surface area contributed by atoms with E-state index in [1.807, 2.05) is 18.5 Å². The van der Waals surface area contributed by atoms with Crippen molar-refractivity contribution in [1.82, 2.24) is 9.97 Å². The lowest BCUT2D eigenvalue weighted by molar-refractivity contribution is 0.589. The highest BCUT2D eigenvalue weighted by atomic mass is 14.8. The molecule has 0 aromatic carbocycles. The van der Waals surface area contributed by atoms with Gasteiger partial charge in [-0.3, -0.25) is 9.97 Å². The molecule has 0 aliphatic carbocycles. The molecule has 2 aromatic rings. The van der Waals surface area contributed by atoms with Crippen molar-refractivity contribution in [2.75, 3.05) is 0 Å². The highest BCUT2D eigenvalue weighted by Crippen LogP contribution is 2.18. The van der Waals surface area contributed by atoms with Crippen molar-refractivity contribution in [2.24, 2.45) is 0 Å². The second-order valence-electron chi connectivity index (χ2n) is 6.14. The van der Waals surface area contributed by atoms with Crippen LogP contribution in [0.5, 0.6) is 0 Å². The first-order valence-electron chi connectivity index (χ1n) is 8.67. The molecule has 0 unspecified atom stereocenters. The normalized spacial score (nSPS) is 10.8. The molecule has 0 spiro atoms. The molecule has 2 heterocycles. The molecule has 118 valence electrons. The SMILES string of the molecule is CCCCCCCCCc1ccnc(-c2cc(C)ccn2)c1. The van der Waals surface area contributed by atoms with Crippen LogP contribution in [-0.4, -0.2) is 9.97 Å². The van der Waals surface area contributed by atoms with E-state index in [1.54, 1.807) is 0 Å². The van der Waals surface area contributed by atoms with Crippen LogP contribution in [0.1, 0.15) is 63.0 Å². The Hall–Kier alpha value is -1.70. The van der Waals surface area contributed by atoms with Gasteiger partial charge in [0.05, 0.1) is 11.4 Å². The van der Waals surface area contributed by atoms with Gasteiger partial charge in [0.25, 0.3) is 0 Å². The topological polar surface area (TPSA) is 25.8 Å². The molecule has 22 heavy (non-hydrogen) atoms. The number of aryl methyl sites for hydroxylation is 2. The molecule has 0 atom stereocenters. The molecule has 2 nitrogen and oxygen atoms in total. The maximum Gasteiger partial charge on any atom is 0.0888 e. The molecule has 0 bridgehead atoms. The van der Waals surface area contributed by atoms with Gasteiger partial charge >= 0.3 is 0 Å². The lowest BCUT2D eigenvalue weighted by Gasteiger charge is -2.05. The highest BCUT2D eigenvalue weighted by Gasteiger charge is 2.03. The Bertz CT molecular complexity index is 563. The van der Waals surface area contributed by atoms with E-state index in [0.717, 1.165) is 17.8 Å². The van der Waals surface area contributed by atoms with E-state index in [1.165, 1.54) is 56.1 Å². The first-order valence-corrected chi connectivity index (χ1v) is 8.67. The summed E-state index contributed by atoms with van der Waals surface area (Å²) in [7, 11) is 0. The molecular formula is C20H28N2.